The number of imidazole rings is 2. The number of rotatable bonds is 11. The van der Waals surface area contributed by atoms with Gasteiger partial charge in [0.15, 0.2) is 0 Å². The molecule has 54 heavy (non-hydrogen) atoms. The summed E-state index contributed by atoms with van der Waals surface area (Å²) in [5.74, 6) is -10.1. The minimum atomic E-state index is -3.82. The van der Waals surface area contributed by atoms with E-state index >= 15 is 0 Å². The molecule has 2 unspecified atom stereocenters. The summed E-state index contributed by atoms with van der Waals surface area (Å²) >= 11 is 0. The summed E-state index contributed by atoms with van der Waals surface area (Å²) in [5, 5.41) is 3.51. The van der Waals surface area contributed by atoms with E-state index in [0.29, 0.717) is 35.4 Å². The van der Waals surface area contributed by atoms with Crippen LogP contribution >= 0.6 is 0 Å². The van der Waals surface area contributed by atoms with Gasteiger partial charge in [0.2, 0.25) is 11.8 Å². The molecular weight excluding hydrogens is 688 g/mol. The molecule has 14 heteroatoms. The summed E-state index contributed by atoms with van der Waals surface area (Å²) in [5.41, 5.74) is 3.98. The third-order valence-electron chi connectivity index (χ3n) is 9.33. The van der Waals surface area contributed by atoms with Gasteiger partial charge in [0.25, 0.3) is 0 Å². The maximum absolute atomic E-state index is 14.2. The standard InChI is InChI=1S/C40H50N8O6/c1-23(2)33(45-39(51)53-5)37(49)47-19-7-9-31(47)35-41-21-29(43-35)27-15-11-25(12-16-27)26-13-17-28(18-14-26)30-22-42-36(44-30)32-10-8-20-48(32)38(50)34(24(3)4)46-40(52)54-6/h11-18,21-24,31-34H,7-10,19-20H2,1-6H3,(H,41,43)(H,42,44)(H,45,51)(H,46,52)/t31-,32-,33?,34?/m0/s1/i1D3,2D3,3D3,4D3,23D,24D,33D,34D. The Kier molecular flexibility index (Phi) is 6.91. The third kappa shape index (κ3) is 8.12. The Labute approximate surface area is 337 Å². The molecule has 0 aliphatic carbocycles. The van der Waals surface area contributed by atoms with E-state index in [4.69, 9.17) is 21.9 Å². The molecule has 0 saturated carbocycles. The van der Waals surface area contributed by atoms with Crippen LogP contribution in [0, 0.1) is 11.8 Å². The average Bonchev–Trinajstić information content (AvgIpc) is 4.14. The van der Waals surface area contributed by atoms with E-state index < -0.39 is 87.3 Å². The molecule has 14 nitrogen and oxygen atoms in total. The fourth-order valence-electron chi connectivity index (χ4n) is 6.62. The van der Waals surface area contributed by atoms with Crippen LogP contribution in [-0.4, -0.2) is 93.1 Å². The molecule has 4 aromatic rings. The van der Waals surface area contributed by atoms with Crippen LogP contribution in [-0.2, 0) is 19.1 Å². The van der Waals surface area contributed by atoms with Gasteiger partial charge < -0.3 is 39.9 Å². The zero-order valence-corrected chi connectivity index (χ0v) is 29.4. The number of aromatic amines is 2. The number of aromatic nitrogens is 4. The number of benzene rings is 2. The SMILES string of the molecule is [2H]C([2H])([2H])C([2H])(C([2H])([2H])[2H])C([2H])(NC(=O)OC)C(=O)N1CCC[C@H]1c1ncc(-c2ccc(-c3ccc(-c4cnc([C@@H]5CCCN5C(=O)C([2H])(NC(=O)OC)C([2H])(C([2H])([2H])[2H])C([2H])([2H])[2H])[nH]4)cc3)cc2)[nH]1. The number of carbonyl (C=O) groups excluding carboxylic acids is 4. The van der Waals surface area contributed by atoms with Crippen molar-refractivity contribution in [3.63, 3.8) is 0 Å². The topological polar surface area (TPSA) is 175 Å². The van der Waals surface area contributed by atoms with E-state index in [9.17, 15) is 19.2 Å². The molecule has 2 aromatic carbocycles. The van der Waals surface area contributed by atoms with Crippen molar-refractivity contribution in [2.45, 2.75) is 77.2 Å². The molecule has 0 bridgehead atoms. The van der Waals surface area contributed by atoms with E-state index in [0.717, 1.165) is 35.1 Å². The number of likely N-dealkylation sites (tertiary alicyclic amines) is 2. The normalized spacial score (nSPS) is 25.0. The Morgan fingerprint density at radius 2 is 1.06 bits per heavy atom. The number of hydrogen-bond acceptors (Lipinski definition) is 8. The van der Waals surface area contributed by atoms with Gasteiger partial charge in [-0.2, -0.15) is 0 Å². The van der Waals surface area contributed by atoms with E-state index in [1.54, 1.807) is 34.9 Å². The van der Waals surface area contributed by atoms with Gasteiger partial charge >= 0.3 is 12.2 Å². The van der Waals surface area contributed by atoms with Gasteiger partial charge in [-0.15, -0.1) is 0 Å². The highest BCUT2D eigenvalue weighted by Crippen LogP contribution is 2.35. The Bertz CT molecular complexity index is 2380. The van der Waals surface area contributed by atoms with Gasteiger partial charge in [-0.05, 0) is 59.7 Å². The summed E-state index contributed by atoms with van der Waals surface area (Å²) in [6, 6.07) is 5.64. The summed E-state index contributed by atoms with van der Waals surface area (Å²) in [6.45, 7) is -15.1. The maximum Gasteiger partial charge on any atom is 0.407 e. The monoisotopic (exact) mass is 754 g/mol. The lowest BCUT2D eigenvalue weighted by Crippen LogP contribution is -2.51. The first-order valence-electron chi connectivity index (χ1n) is 25.0. The number of ether oxygens (including phenoxy) is 2. The number of nitrogens with one attached hydrogen (secondary N) is 4. The molecule has 4 atom stereocenters. The number of hydrogen-bond donors (Lipinski definition) is 4. The number of H-pyrrole nitrogens is 2. The lowest BCUT2D eigenvalue weighted by molar-refractivity contribution is -0.136. The minimum absolute atomic E-state index is 0.0682. The van der Waals surface area contributed by atoms with Crippen LogP contribution in [0.5, 0.6) is 0 Å². The van der Waals surface area contributed by atoms with Crippen LogP contribution in [0.1, 0.15) is 98.8 Å². The first-order valence-corrected chi connectivity index (χ1v) is 17.0. The second-order valence-electron chi connectivity index (χ2n) is 12.6. The first-order chi connectivity index (χ1) is 32.3. The minimum Gasteiger partial charge on any atom is -0.453 e. The summed E-state index contributed by atoms with van der Waals surface area (Å²) in [4.78, 5) is 70.3. The van der Waals surface area contributed by atoms with Gasteiger partial charge in [-0.25, -0.2) is 19.6 Å². The van der Waals surface area contributed by atoms with Crippen LogP contribution in [0.25, 0.3) is 33.6 Å². The van der Waals surface area contributed by atoms with Crippen molar-refractivity contribution in [3.8, 4) is 33.6 Å². The van der Waals surface area contributed by atoms with Crippen LogP contribution in [0.3, 0.4) is 0 Å². The predicted octanol–water partition coefficient (Wildman–Crippen LogP) is 6.22. The summed E-state index contributed by atoms with van der Waals surface area (Å²) < 4.78 is 139. The summed E-state index contributed by atoms with van der Waals surface area (Å²) in [6.07, 6.45) is 1.25. The second-order valence-corrected chi connectivity index (χ2v) is 12.6. The van der Waals surface area contributed by atoms with Gasteiger partial charge in [0.05, 0.1) is 52.8 Å². The molecule has 286 valence electrons. The smallest absolute Gasteiger partial charge is 0.407 e. The quantitative estimate of drug-likeness (QED) is 0.140. The maximum atomic E-state index is 14.2. The van der Waals surface area contributed by atoms with Crippen molar-refractivity contribution in [1.82, 2.24) is 40.4 Å². The van der Waals surface area contributed by atoms with Crippen LogP contribution in [0.15, 0.2) is 60.9 Å². The summed E-state index contributed by atoms with van der Waals surface area (Å²) in [7, 11) is 1.74. The molecule has 0 spiro atoms. The number of alkyl carbamates (subject to hydrolysis) is 2. The zero-order chi connectivity index (χ0) is 52.2. The Balaban J connectivity index is 1.19. The zero-order valence-electron chi connectivity index (χ0n) is 45.4. The predicted molar refractivity (Wildman–Crippen MR) is 203 cm³/mol. The van der Waals surface area contributed by atoms with E-state index in [-0.39, 0.29) is 37.6 Å². The molecule has 6 rings (SSSR count). The molecule has 4 N–H and O–H groups in total. The Morgan fingerprint density at radius 3 is 1.41 bits per heavy atom. The Morgan fingerprint density at radius 1 is 0.685 bits per heavy atom. The largest absolute Gasteiger partial charge is 0.453 e. The van der Waals surface area contributed by atoms with Crippen molar-refractivity contribution in [2.75, 3.05) is 27.3 Å². The number of nitrogens with zero attached hydrogens (tertiary/aromatic N) is 4. The van der Waals surface area contributed by atoms with E-state index in [2.05, 4.69) is 29.4 Å². The molecule has 2 saturated heterocycles. The highest BCUT2D eigenvalue weighted by molar-refractivity contribution is 5.87. The van der Waals surface area contributed by atoms with Gasteiger partial charge in [-0.3, -0.25) is 9.59 Å². The number of methoxy groups -OCH3 is 2. The molecule has 4 heterocycles. The highest BCUT2D eigenvalue weighted by Gasteiger charge is 2.39. The molecule has 2 aromatic heterocycles. The molecule has 2 aliphatic rings. The van der Waals surface area contributed by atoms with E-state index in [1.165, 1.54) is 12.4 Å². The second kappa shape index (κ2) is 16.6. The van der Waals surface area contributed by atoms with Crippen molar-refractivity contribution >= 4 is 24.0 Å². The fourth-order valence-corrected chi connectivity index (χ4v) is 6.62. The van der Waals surface area contributed by atoms with E-state index in [1.807, 2.05) is 24.3 Å². The molecule has 2 fully saturated rings. The Hall–Kier alpha value is -5.66. The molecular formula is C40H50N8O6. The van der Waals surface area contributed by atoms with Gasteiger partial charge in [-0.1, -0.05) is 75.9 Å². The van der Waals surface area contributed by atoms with Gasteiger partial charge in [0.1, 0.15) is 23.7 Å². The molecule has 4 amide bonds. The molecule has 0 radical (unpaired) electrons. The molecule has 2 aliphatic heterocycles. The van der Waals surface area contributed by atoms with Crippen LogP contribution in [0.4, 0.5) is 9.59 Å². The van der Waals surface area contributed by atoms with Crippen molar-refractivity contribution in [2.24, 2.45) is 11.8 Å². The highest BCUT2D eigenvalue weighted by atomic mass is 16.5. The number of amides is 4. The van der Waals surface area contributed by atoms with Crippen molar-refractivity contribution < 1.29 is 50.6 Å². The lowest BCUT2D eigenvalue weighted by atomic mass is 10.0. The first kappa shape index (κ1) is 22.5. The van der Waals surface area contributed by atoms with Crippen LogP contribution in [0.2, 0.25) is 0 Å². The van der Waals surface area contributed by atoms with Gasteiger partial charge in [0, 0.05) is 32.3 Å². The van der Waals surface area contributed by atoms with Crippen LogP contribution < -0.4 is 10.6 Å². The van der Waals surface area contributed by atoms with Crippen molar-refractivity contribution in [1.29, 1.82) is 0 Å². The fraction of sp³-hybridized carbons (Fsp3) is 0.450. The van der Waals surface area contributed by atoms with Crippen molar-refractivity contribution in [3.05, 3.63) is 72.6 Å². The average molecular weight is 755 g/mol. The number of carbonyl (C=O) groups is 4. The third-order valence-corrected chi connectivity index (χ3v) is 9.33. The lowest BCUT2D eigenvalue weighted by Gasteiger charge is -2.30.